The van der Waals surface area contributed by atoms with E-state index in [4.69, 9.17) is 4.74 Å². The number of benzene rings is 1. The molecular formula is C14H22O. The van der Waals surface area contributed by atoms with Gasteiger partial charge in [0, 0.05) is 12.5 Å². The molecule has 0 spiro atoms. The average molecular weight is 206 g/mol. The van der Waals surface area contributed by atoms with Crippen LogP contribution in [0.4, 0.5) is 0 Å². The molecule has 1 heteroatoms. The van der Waals surface area contributed by atoms with E-state index in [-0.39, 0.29) is 0 Å². The summed E-state index contributed by atoms with van der Waals surface area (Å²) in [6, 6.07) is 10.6. The number of rotatable bonds is 7. The zero-order valence-corrected chi connectivity index (χ0v) is 9.91. The first-order valence-electron chi connectivity index (χ1n) is 6.01. The second kappa shape index (κ2) is 7.47. The maximum absolute atomic E-state index is 5.68. The van der Waals surface area contributed by atoms with Gasteiger partial charge in [0.1, 0.15) is 0 Å². The molecule has 0 aromatic heterocycles. The Morgan fingerprint density at radius 3 is 2.47 bits per heavy atom. The van der Waals surface area contributed by atoms with E-state index in [0.29, 0.717) is 5.92 Å². The van der Waals surface area contributed by atoms with Crippen LogP contribution in [-0.4, -0.2) is 13.2 Å². The summed E-state index contributed by atoms with van der Waals surface area (Å²) >= 11 is 0. The molecule has 1 atom stereocenters. The summed E-state index contributed by atoms with van der Waals surface area (Å²) in [5, 5.41) is 0. The summed E-state index contributed by atoms with van der Waals surface area (Å²) in [7, 11) is 0. The van der Waals surface area contributed by atoms with Gasteiger partial charge in [-0.3, -0.25) is 0 Å². The van der Waals surface area contributed by atoms with Crippen molar-refractivity contribution in [1.29, 1.82) is 0 Å². The van der Waals surface area contributed by atoms with Crippen LogP contribution in [0.1, 0.15) is 44.6 Å². The molecule has 0 aliphatic rings. The first-order chi connectivity index (χ1) is 7.38. The highest BCUT2D eigenvalue weighted by Gasteiger charge is 2.08. The van der Waals surface area contributed by atoms with Gasteiger partial charge in [0.15, 0.2) is 0 Å². The highest BCUT2D eigenvalue weighted by atomic mass is 16.5. The molecule has 0 saturated carbocycles. The smallest absolute Gasteiger partial charge is 0.0534 e. The quantitative estimate of drug-likeness (QED) is 0.613. The topological polar surface area (TPSA) is 9.23 Å². The van der Waals surface area contributed by atoms with Crippen molar-refractivity contribution < 1.29 is 4.74 Å². The number of ether oxygens (including phenoxy) is 1. The standard InChI is InChI=1S/C14H22O/c1-3-5-11-15-12-13(4-2)14-9-7-6-8-10-14/h6-10,13H,3-5,11-12H2,1-2H3. The van der Waals surface area contributed by atoms with Crippen molar-refractivity contribution in [1.82, 2.24) is 0 Å². The van der Waals surface area contributed by atoms with E-state index in [1.54, 1.807) is 0 Å². The summed E-state index contributed by atoms with van der Waals surface area (Å²) in [5.74, 6) is 0.558. The van der Waals surface area contributed by atoms with E-state index >= 15 is 0 Å². The molecule has 1 unspecified atom stereocenters. The van der Waals surface area contributed by atoms with Crippen molar-refractivity contribution in [3.63, 3.8) is 0 Å². The van der Waals surface area contributed by atoms with Gasteiger partial charge < -0.3 is 4.74 Å². The van der Waals surface area contributed by atoms with Gasteiger partial charge in [-0.1, -0.05) is 50.6 Å². The Hall–Kier alpha value is -0.820. The van der Waals surface area contributed by atoms with Crippen LogP contribution < -0.4 is 0 Å². The van der Waals surface area contributed by atoms with Gasteiger partial charge >= 0.3 is 0 Å². The molecule has 15 heavy (non-hydrogen) atoms. The average Bonchev–Trinajstić information content (AvgIpc) is 2.30. The molecular weight excluding hydrogens is 184 g/mol. The number of hydrogen-bond acceptors (Lipinski definition) is 1. The molecule has 1 aromatic carbocycles. The fraction of sp³-hybridized carbons (Fsp3) is 0.571. The molecule has 0 radical (unpaired) electrons. The highest BCUT2D eigenvalue weighted by Crippen LogP contribution is 2.19. The van der Waals surface area contributed by atoms with Gasteiger partial charge in [0.2, 0.25) is 0 Å². The number of hydrogen-bond donors (Lipinski definition) is 0. The first kappa shape index (κ1) is 12.3. The van der Waals surface area contributed by atoms with Gasteiger partial charge in [-0.05, 0) is 18.4 Å². The lowest BCUT2D eigenvalue weighted by molar-refractivity contribution is 0.116. The Bertz CT molecular complexity index is 243. The van der Waals surface area contributed by atoms with Crippen LogP contribution in [0.25, 0.3) is 0 Å². The van der Waals surface area contributed by atoms with E-state index in [0.717, 1.165) is 19.6 Å². The summed E-state index contributed by atoms with van der Waals surface area (Å²) in [4.78, 5) is 0. The predicted octanol–water partition coefficient (Wildman–Crippen LogP) is 4.00. The summed E-state index contributed by atoms with van der Waals surface area (Å²) in [6.45, 7) is 6.18. The molecule has 0 aliphatic carbocycles. The second-order valence-corrected chi connectivity index (χ2v) is 3.94. The minimum absolute atomic E-state index is 0.558. The van der Waals surface area contributed by atoms with E-state index < -0.39 is 0 Å². The van der Waals surface area contributed by atoms with Gasteiger partial charge in [0.05, 0.1) is 6.61 Å². The Labute approximate surface area is 93.5 Å². The Kier molecular flexibility index (Phi) is 6.10. The molecule has 0 N–H and O–H groups in total. The maximum atomic E-state index is 5.68. The summed E-state index contributed by atoms with van der Waals surface area (Å²) in [6.07, 6.45) is 3.53. The van der Waals surface area contributed by atoms with Crippen LogP contribution in [-0.2, 0) is 4.74 Å². The van der Waals surface area contributed by atoms with Crippen LogP contribution in [0, 0.1) is 0 Å². The molecule has 0 bridgehead atoms. The van der Waals surface area contributed by atoms with Crippen molar-refractivity contribution in [2.75, 3.05) is 13.2 Å². The lowest BCUT2D eigenvalue weighted by atomic mass is 9.98. The van der Waals surface area contributed by atoms with Crippen molar-refractivity contribution in [2.45, 2.75) is 39.0 Å². The zero-order chi connectivity index (χ0) is 10.9. The lowest BCUT2D eigenvalue weighted by Crippen LogP contribution is -2.07. The second-order valence-electron chi connectivity index (χ2n) is 3.94. The predicted molar refractivity (Wildman–Crippen MR) is 65.2 cm³/mol. The number of unbranched alkanes of at least 4 members (excludes halogenated alkanes) is 1. The third-order valence-corrected chi connectivity index (χ3v) is 2.73. The van der Waals surface area contributed by atoms with E-state index in [9.17, 15) is 0 Å². The van der Waals surface area contributed by atoms with Crippen LogP contribution in [0.2, 0.25) is 0 Å². The Balaban J connectivity index is 2.36. The Morgan fingerprint density at radius 1 is 1.13 bits per heavy atom. The monoisotopic (exact) mass is 206 g/mol. The fourth-order valence-electron chi connectivity index (χ4n) is 1.65. The molecule has 0 fully saturated rings. The largest absolute Gasteiger partial charge is 0.381 e. The van der Waals surface area contributed by atoms with Gasteiger partial charge in [-0.25, -0.2) is 0 Å². The molecule has 84 valence electrons. The summed E-state index contributed by atoms with van der Waals surface area (Å²) in [5.41, 5.74) is 1.40. The van der Waals surface area contributed by atoms with Crippen molar-refractivity contribution >= 4 is 0 Å². The van der Waals surface area contributed by atoms with Gasteiger partial charge in [-0.15, -0.1) is 0 Å². The zero-order valence-electron chi connectivity index (χ0n) is 9.91. The minimum Gasteiger partial charge on any atom is -0.381 e. The van der Waals surface area contributed by atoms with Crippen molar-refractivity contribution in [2.24, 2.45) is 0 Å². The molecule has 1 nitrogen and oxygen atoms in total. The lowest BCUT2D eigenvalue weighted by Gasteiger charge is -2.15. The third-order valence-electron chi connectivity index (χ3n) is 2.73. The maximum Gasteiger partial charge on any atom is 0.0534 e. The SMILES string of the molecule is CCCCOCC(CC)c1ccccc1. The summed E-state index contributed by atoms with van der Waals surface area (Å²) < 4.78 is 5.68. The van der Waals surface area contributed by atoms with Gasteiger partial charge in [-0.2, -0.15) is 0 Å². The molecule has 1 aromatic rings. The van der Waals surface area contributed by atoms with E-state index in [2.05, 4.69) is 44.2 Å². The molecule has 0 aliphatic heterocycles. The first-order valence-corrected chi connectivity index (χ1v) is 6.01. The van der Waals surface area contributed by atoms with E-state index in [1.807, 2.05) is 0 Å². The molecule has 0 saturated heterocycles. The normalized spacial score (nSPS) is 12.7. The Morgan fingerprint density at radius 2 is 1.87 bits per heavy atom. The van der Waals surface area contributed by atoms with Crippen LogP contribution in [0.15, 0.2) is 30.3 Å². The van der Waals surface area contributed by atoms with Crippen molar-refractivity contribution in [3.05, 3.63) is 35.9 Å². The van der Waals surface area contributed by atoms with Crippen molar-refractivity contribution in [3.8, 4) is 0 Å². The highest BCUT2D eigenvalue weighted by molar-refractivity contribution is 5.19. The minimum atomic E-state index is 0.558. The molecule has 1 rings (SSSR count). The fourth-order valence-corrected chi connectivity index (χ4v) is 1.65. The van der Waals surface area contributed by atoms with Crippen LogP contribution in [0.3, 0.4) is 0 Å². The molecule has 0 heterocycles. The van der Waals surface area contributed by atoms with Crippen LogP contribution in [0.5, 0.6) is 0 Å². The molecule has 0 amide bonds. The third kappa shape index (κ3) is 4.48. The van der Waals surface area contributed by atoms with Crippen LogP contribution >= 0.6 is 0 Å². The van der Waals surface area contributed by atoms with Gasteiger partial charge in [0.25, 0.3) is 0 Å². The van der Waals surface area contributed by atoms with E-state index in [1.165, 1.54) is 18.4 Å².